The second kappa shape index (κ2) is 6.25. The molecule has 0 bridgehead atoms. The van der Waals surface area contributed by atoms with Gasteiger partial charge in [0.15, 0.2) is 0 Å². The summed E-state index contributed by atoms with van der Waals surface area (Å²) in [5.41, 5.74) is 0. The quantitative estimate of drug-likeness (QED) is 0.620. The first-order chi connectivity index (χ1) is 5.59. The number of halogens is 1. The monoisotopic (exact) mass is 196 g/mol. The average Bonchev–Trinajstić information content (AvgIpc) is 2.03. The fraction of sp³-hybridized carbons (Fsp3) is 0.857. The Labute approximate surface area is 75.0 Å². The van der Waals surface area contributed by atoms with E-state index in [4.69, 9.17) is 10.2 Å². The maximum atomic E-state index is 12.5. The molecule has 2 atom stereocenters. The molecular weight excluding hydrogens is 183 g/mol. The van der Waals surface area contributed by atoms with Gasteiger partial charge in [0.05, 0.1) is 6.10 Å². The highest BCUT2D eigenvalue weighted by Crippen LogP contribution is 2.09. The molecule has 0 radical (unpaired) electrons. The maximum Gasteiger partial charge on any atom is 0.341 e. The molecule has 2 unspecified atom stereocenters. The molecule has 0 spiro atoms. The first-order valence-corrected chi connectivity index (χ1v) is 4.87. The van der Waals surface area contributed by atoms with Gasteiger partial charge in [-0.1, -0.05) is 6.92 Å². The van der Waals surface area contributed by atoms with Crippen LogP contribution >= 0.6 is 11.8 Å². The number of aliphatic carboxylic acids is 1. The van der Waals surface area contributed by atoms with Crippen LogP contribution < -0.4 is 0 Å². The lowest BCUT2D eigenvalue weighted by Gasteiger charge is -2.10. The van der Waals surface area contributed by atoms with Crippen LogP contribution in [-0.4, -0.2) is 40.0 Å². The van der Waals surface area contributed by atoms with Gasteiger partial charge in [-0.25, -0.2) is 9.18 Å². The Bertz CT molecular complexity index is 143. The summed E-state index contributed by atoms with van der Waals surface area (Å²) < 4.78 is 12.5. The van der Waals surface area contributed by atoms with Gasteiger partial charge < -0.3 is 10.2 Å². The van der Waals surface area contributed by atoms with Crippen molar-refractivity contribution < 1.29 is 19.4 Å². The van der Waals surface area contributed by atoms with Crippen LogP contribution in [0.1, 0.15) is 13.3 Å². The van der Waals surface area contributed by atoms with Gasteiger partial charge in [-0.2, -0.15) is 11.8 Å². The number of aliphatic hydroxyl groups excluding tert-OH is 1. The van der Waals surface area contributed by atoms with Crippen molar-refractivity contribution in [3.8, 4) is 0 Å². The Morgan fingerprint density at radius 1 is 1.67 bits per heavy atom. The van der Waals surface area contributed by atoms with Crippen molar-refractivity contribution in [1.82, 2.24) is 0 Å². The first kappa shape index (κ1) is 11.7. The zero-order chi connectivity index (χ0) is 9.56. The number of rotatable bonds is 6. The predicted molar refractivity (Wildman–Crippen MR) is 46.2 cm³/mol. The average molecular weight is 196 g/mol. The third kappa shape index (κ3) is 4.56. The highest BCUT2D eigenvalue weighted by atomic mass is 32.2. The van der Waals surface area contributed by atoms with Crippen LogP contribution in [-0.2, 0) is 4.79 Å². The molecule has 0 aromatic carbocycles. The van der Waals surface area contributed by atoms with E-state index in [0.717, 1.165) is 5.75 Å². The van der Waals surface area contributed by atoms with Crippen molar-refractivity contribution in [1.29, 1.82) is 0 Å². The molecule has 0 rings (SSSR count). The fourth-order valence-electron chi connectivity index (χ4n) is 0.659. The lowest BCUT2D eigenvalue weighted by atomic mass is 10.2. The van der Waals surface area contributed by atoms with E-state index in [1.807, 2.05) is 6.92 Å². The highest BCUT2D eigenvalue weighted by Gasteiger charge is 2.24. The smallest absolute Gasteiger partial charge is 0.341 e. The Kier molecular flexibility index (Phi) is 6.10. The predicted octanol–water partition coefficient (Wildman–Crippen LogP) is 0.913. The Morgan fingerprint density at radius 2 is 2.25 bits per heavy atom. The van der Waals surface area contributed by atoms with Gasteiger partial charge >= 0.3 is 5.97 Å². The van der Waals surface area contributed by atoms with Gasteiger partial charge in [-0.3, -0.25) is 0 Å². The molecule has 72 valence electrons. The van der Waals surface area contributed by atoms with Crippen molar-refractivity contribution in [2.75, 3.05) is 11.5 Å². The highest BCUT2D eigenvalue weighted by molar-refractivity contribution is 7.99. The third-order valence-electron chi connectivity index (χ3n) is 1.34. The summed E-state index contributed by atoms with van der Waals surface area (Å²) in [5, 5.41) is 17.1. The summed E-state index contributed by atoms with van der Waals surface area (Å²) in [5.74, 6) is -0.119. The summed E-state index contributed by atoms with van der Waals surface area (Å²) in [6, 6.07) is 0. The standard InChI is InChI=1S/C7H13FO3S/c1-2-12-4-3-5(9)6(8)7(10)11/h5-6,9H,2-4H2,1H3,(H,10,11). The van der Waals surface area contributed by atoms with E-state index in [1.54, 1.807) is 11.8 Å². The van der Waals surface area contributed by atoms with Gasteiger partial charge in [0.25, 0.3) is 0 Å². The van der Waals surface area contributed by atoms with Gasteiger partial charge in [0, 0.05) is 0 Å². The van der Waals surface area contributed by atoms with E-state index in [2.05, 4.69) is 0 Å². The Balaban J connectivity index is 3.56. The molecule has 2 N–H and O–H groups in total. The van der Waals surface area contributed by atoms with E-state index in [-0.39, 0.29) is 6.42 Å². The number of carboxylic acids is 1. The molecule has 0 aliphatic rings. The zero-order valence-corrected chi connectivity index (χ0v) is 7.68. The minimum atomic E-state index is -2.15. The summed E-state index contributed by atoms with van der Waals surface area (Å²) in [6.45, 7) is 1.95. The number of carboxylic acid groups (broad SMARTS) is 1. The molecule has 3 nitrogen and oxygen atoms in total. The van der Waals surface area contributed by atoms with E-state index in [9.17, 15) is 9.18 Å². The van der Waals surface area contributed by atoms with E-state index < -0.39 is 18.2 Å². The van der Waals surface area contributed by atoms with Gasteiger partial charge in [0.1, 0.15) is 0 Å². The van der Waals surface area contributed by atoms with Crippen molar-refractivity contribution in [2.24, 2.45) is 0 Å². The van der Waals surface area contributed by atoms with E-state index in [1.165, 1.54) is 0 Å². The molecule has 0 fully saturated rings. The molecule has 0 amide bonds. The lowest BCUT2D eigenvalue weighted by Crippen LogP contribution is -2.30. The molecule has 0 aliphatic carbocycles. The minimum Gasteiger partial charge on any atom is -0.479 e. The lowest BCUT2D eigenvalue weighted by molar-refractivity contribution is -0.147. The summed E-state index contributed by atoms with van der Waals surface area (Å²) in [4.78, 5) is 10.0. The van der Waals surface area contributed by atoms with E-state index >= 15 is 0 Å². The van der Waals surface area contributed by atoms with Crippen LogP contribution in [0.4, 0.5) is 4.39 Å². The number of carbonyl (C=O) groups is 1. The summed E-state index contributed by atoms with van der Waals surface area (Å²) in [6.07, 6.45) is -3.34. The summed E-state index contributed by atoms with van der Waals surface area (Å²) >= 11 is 1.55. The van der Waals surface area contributed by atoms with Crippen molar-refractivity contribution in [2.45, 2.75) is 25.6 Å². The number of aliphatic hydroxyl groups is 1. The summed E-state index contributed by atoms with van der Waals surface area (Å²) in [7, 11) is 0. The largest absolute Gasteiger partial charge is 0.479 e. The van der Waals surface area contributed by atoms with Gasteiger partial charge in [-0.15, -0.1) is 0 Å². The number of hydrogen-bond acceptors (Lipinski definition) is 3. The molecule has 0 aliphatic heterocycles. The number of hydrogen-bond donors (Lipinski definition) is 2. The molecule has 5 heteroatoms. The Hall–Kier alpha value is -0.290. The SMILES string of the molecule is CCSCCC(O)C(F)C(=O)O. The van der Waals surface area contributed by atoms with Crippen LogP contribution in [0, 0.1) is 0 Å². The van der Waals surface area contributed by atoms with Crippen molar-refractivity contribution in [3.63, 3.8) is 0 Å². The second-order valence-electron chi connectivity index (χ2n) is 2.29. The van der Waals surface area contributed by atoms with Crippen LogP contribution in [0.25, 0.3) is 0 Å². The van der Waals surface area contributed by atoms with Gasteiger partial charge in [0.2, 0.25) is 6.17 Å². The molecule has 0 aromatic heterocycles. The molecule has 12 heavy (non-hydrogen) atoms. The van der Waals surface area contributed by atoms with Gasteiger partial charge in [-0.05, 0) is 17.9 Å². The van der Waals surface area contributed by atoms with E-state index in [0.29, 0.717) is 5.75 Å². The normalized spacial score (nSPS) is 15.6. The number of alkyl halides is 1. The molecular formula is C7H13FO3S. The van der Waals surface area contributed by atoms with Crippen LogP contribution in [0.15, 0.2) is 0 Å². The third-order valence-corrected chi connectivity index (χ3v) is 2.27. The van der Waals surface area contributed by atoms with Crippen molar-refractivity contribution in [3.05, 3.63) is 0 Å². The molecule has 0 heterocycles. The minimum absolute atomic E-state index is 0.186. The maximum absolute atomic E-state index is 12.5. The first-order valence-electron chi connectivity index (χ1n) is 3.72. The Morgan fingerprint density at radius 3 is 2.67 bits per heavy atom. The van der Waals surface area contributed by atoms with Crippen molar-refractivity contribution >= 4 is 17.7 Å². The van der Waals surface area contributed by atoms with Crippen LogP contribution in [0.5, 0.6) is 0 Å². The molecule has 0 aromatic rings. The fourth-order valence-corrected chi connectivity index (χ4v) is 1.36. The second-order valence-corrected chi connectivity index (χ2v) is 3.69. The van der Waals surface area contributed by atoms with Crippen LogP contribution in [0.3, 0.4) is 0 Å². The van der Waals surface area contributed by atoms with Crippen LogP contribution in [0.2, 0.25) is 0 Å². The topological polar surface area (TPSA) is 57.5 Å². The number of thioether (sulfide) groups is 1. The molecule has 0 saturated carbocycles. The molecule has 0 saturated heterocycles. The zero-order valence-electron chi connectivity index (χ0n) is 6.86.